The molecule has 10 heteroatoms. The van der Waals surface area contributed by atoms with Crippen LogP contribution in [0.5, 0.6) is 11.5 Å². The minimum atomic E-state index is -1.05. The van der Waals surface area contributed by atoms with E-state index in [1.807, 2.05) is 55.5 Å². The van der Waals surface area contributed by atoms with E-state index >= 15 is 0 Å². The molecule has 2 atom stereocenters. The average Bonchev–Trinajstić information content (AvgIpc) is 3.65. The third-order valence-corrected chi connectivity index (χ3v) is 7.12. The maximum absolute atomic E-state index is 14.3. The van der Waals surface area contributed by atoms with Crippen molar-refractivity contribution >= 4 is 28.5 Å². The van der Waals surface area contributed by atoms with Gasteiger partial charge in [-0.05, 0) is 55.7 Å². The summed E-state index contributed by atoms with van der Waals surface area (Å²) in [5.41, 5.74) is 3.37. The second-order valence-corrected chi connectivity index (χ2v) is 9.68. The molecule has 40 heavy (non-hydrogen) atoms. The quantitative estimate of drug-likeness (QED) is 0.324. The van der Waals surface area contributed by atoms with Crippen LogP contribution in [0, 0.1) is 6.92 Å². The summed E-state index contributed by atoms with van der Waals surface area (Å²) in [6.07, 6.45) is 1.76. The number of nitrogens with one attached hydrogen (secondary N) is 1. The topological polar surface area (TPSA) is 108 Å². The van der Waals surface area contributed by atoms with E-state index in [1.165, 1.54) is 12.0 Å². The van der Waals surface area contributed by atoms with Gasteiger partial charge < -0.3 is 19.5 Å². The van der Waals surface area contributed by atoms with E-state index in [4.69, 9.17) is 14.2 Å². The van der Waals surface area contributed by atoms with Crippen molar-refractivity contribution in [3.8, 4) is 11.5 Å². The SMILES string of the molecule is COc1ccc([C@H](C(=O)NC[C@@H]2CCCO2)N(C(=O)Cn2nnc3ccccc32)c2ccccc2C)c(OC)c1. The number of carbonyl (C=O) groups excluding carboxylic acids is 2. The van der Waals surface area contributed by atoms with Crippen LogP contribution in [0.3, 0.4) is 0 Å². The van der Waals surface area contributed by atoms with Crippen molar-refractivity contribution < 1.29 is 23.8 Å². The number of carbonyl (C=O) groups is 2. The highest BCUT2D eigenvalue weighted by molar-refractivity contribution is 6.02. The zero-order valence-electron chi connectivity index (χ0n) is 22.9. The average molecular weight is 544 g/mol. The highest BCUT2D eigenvalue weighted by Gasteiger charge is 2.36. The van der Waals surface area contributed by atoms with Crippen molar-refractivity contribution in [2.24, 2.45) is 0 Å². The predicted molar refractivity (Wildman–Crippen MR) is 150 cm³/mol. The molecule has 2 amide bonds. The number of para-hydroxylation sites is 2. The van der Waals surface area contributed by atoms with Crippen LogP contribution in [0.1, 0.15) is 30.0 Å². The number of aromatic nitrogens is 3. The van der Waals surface area contributed by atoms with Crippen molar-refractivity contribution in [1.82, 2.24) is 20.3 Å². The number of aryl methyl sites for hydroxylation is 1. The Morgan fingerprint density at radius 3 is 2.65 bits per heavy atom. The molecule has 0 saturated carbocycles. The van der Waals surface area contributed by atoms with Crippen LogP contribution in [-0.4, -0.2) is 60.3 Å². The van der Waals surface area contributed by atoms with Crippen LogP contribution in [0.25, 0.3) is 11.0 Å². The number of hydrogen-bond acceptors (Lipinski definition) is 7. The molecule has 0 spiro atoms. The molecular weight excluding hydrogens is 510 g/mol. The van der Waals surface area contributed by atoms with Gasteiger partial charge in [0.15, 0.2) is 0 Å². The van der Waals surface area contributed by atoms with E-state index in [1.54, 1.807) is 30.0 Å². The lowest BCUT2D eigenvalue weighted by Crippen LogP contribution is -2.47. The lowest BCUT2D eigenvalue weighted by Gasteiger charge is -2.33. The fraction of sp³-hybridized carbons (Fsp3) is 0.333. The molecule has 0 unspecified atom stereocenters. The predicted octanol–water partition coefficient (Wildman–Crippen LogP) is 3.83. The Bertz CT molecular complexity index is 1500. The first kappa shape index (κ1) is 27.1. The van der Waals surface area contributed by atoms with Gasteiger partial charge in [0.25, 0.3) is 0 Å². The van der Waals surface area contributed by atoms with Gasteiger partial charge in [-0.3, -0.25) is 14.5 Å². The lowest BCUT2D eigenvalue weighted by atomic mass is 10.00. The Morgan fingerprint density at radius 2 is 1.90 bits per heavy atom. The first-order valence-electron chi connectivity index (χ1n) is 13.3. The number of anilines is 1. The van der Waals surface area contributed by atoms with Crippen LogP contribution in [0.15, 0.2) is 66.7 Å². The van der Waals surface area contributed by atoms with E-state index < -0.39 is 6.04 Å². The second-order valence-electron chi connectivity index (χ2n) is 9.68. The van der Waals surface area contributed by atoms with Gasteiger partial charge in [-0.2, -0.15) is 0 Å². The molecule has 0 aliphatic carbocycles. The summed E-state index contributed by atoms with van der Waals surface area (Å²) in [6.45, 7) is 2.81. The molecule has 0 radical (unpaired) electrons. The Kier molecular flexibility index (Phi) is 8.26. The fourth-order valence-electron chi connectivity index (χ4n) is 5.05. The third-order valence-electron chi connectivity index (χ3n) is 7.12. The summed E-state index contributed by atoms with van der Waals surface area (Å²) in [6, 6.07) is 19.1. The summed E-state index contributed by atoms with van der Waals surface area (Å²) in [5, 5.41) is 11.4. The van der Waals surface area contributed by atoms with Gasteiger partial charge in [0.05, 0.1) is 25.8 Å². The van der Waals surface area contributed by atoms with Gasteiger partial charge in [-0.1, -0.05) is 35.5 Å². The fourth-order valence-corrected chi connectivity index (χ4v) is 5.05. The van der Waals surface area contributed by atoms with Crippen molar-refractivity contribution in [2.75, 3.05) is 32.3 Å². The van der Waals surface area contributed by atoms with Gasteiger partial charge in [-0.25, -0.2) is 4.68 Å². The van der Waals surface area contributed by atoms with E-state index in [-0.39, 0.29) is 24.5 Å². The van der Waals surface area contributed by atoms with Gasteiger partial charge in [0.1, 0.15) is 29.6 Å². The number of ether oxygens (including phenoxy) is 3. The van der Waals surface area contributed by atoms with E-state index in [0.717, 1.165) is 23.9 Å². The number of nitrogens with zero attached hydrogens (tertiary/aromatic N) is 4. The first-order chi connectivity index (χ1) is 19.5. The lowest BCUT2D eigenvalue weighted by molar-refractivity contribution is -0.127. The Labute approximate surface area is 232 Å². The second kappa shape index (κ2) is 12.2. The molecule has 1 aromatic heterocycles. The van der Waals surface area contributed by atoms with Gasteiger partial charge in [-0.15, -0.1) is 5.10 Å². The van der Waals surface area contributed by atoms with E-state index in [0.29, 0.717) is 41.4 Å². The van der Waals surface area contributed by atoms with Gasteiger partial charge in [0, 0.05) is 30.5 Å². The Balaban J connectivity index is 1.60. The maximum atomic E-state index is 14.3. The minimum absolute atomic E-state index is 0.0634. The number of fused-ring (bicyclic) bond motifs is 1. The highest BCUT2D eigenvalue weighted by Crippen LogP contribution is 2.37. The molecule has 4 aromatic rings. The minimum Gasteiger partial charge on any atom is -0.497 e. The smallest absolute Gasteiger partial charge is 0.249 e. The van der Waals surface area contributed by atoms with Crippen LogP contribution >= 0.6 is 0 Å². The number of rotatable bonds is 10. The normalized spacial score (nSPS) is 15.5. The molecule has 208 valence electrons. The molecule has 1 saturated heterocycles. The van der Waals surface area contributed by atoms with E-state index in [9.17, 15) is 9.59 Å². The zero-order chi connectivity index (χ0) is 28.1. The molecule has 5 rings (SSSR count). The maximum Gasteiger partial charge on any atom is 0.249 e. The molecule has 3 aromatic carbocycles. The summed E-state index contributed by atoms with van der Waals surface area (Å²) < 4.78 is 18.4. The van der Waals surface area contributed by atoms with Crippen LogP contribution in [0.2, 0.25) is 0 Å². The molecule has 10 nitrogen and oxygen atoms in total. The summed E-state index contributed by atoms with van der Waals surface area (Å²) in [7, 11) is 3.09. The number of benzene rings is 3. The van der Waals surface area contributed by atoms with Crippen LogP contribution in [0.4, 0.5) is 5.69 Å². The molecule has 1 N–H and O–H groups in total. The highest BCUT2D eigenvalue weighted by atomic mass is 16.5. The van der Waals surface area contributed by atoms with Crippen molar-refractivity contribution in [3.63, 3.8) is 0 Å². The summed E-state index contributed by atoms with van der Waals surface area (Å²) in [5.74, 6) is 0.315. The monoisotopic (exact) mass is 543 g/mol. The Hall–Kier alpha value is -4.44. The number of methoxy groups -OCH3 is 2. The van der Waals surface area contributed by atoms with Crippen molar-refractivity contribution in [1.29, 1.82) is 0 Å². The van der Waals surface area contributed by atoms with Crippen molar-refractivity contribution in [2.45, 2.75) is 38.5 Å². The molecule has 2 heterocycles. The molecular formula is C30H33N5O5. The standard InChI is InChI=1S/C30H33N5O5/c1-20-9-4-6-12-25(20)35(28(36)19-34-26-13-7-5-11-24(26)32-33-34)29(30(37)31-18-22-10-8-16-40-22)23-15-14-21(38-2)17-27(23)39-3/h4-7,9,11-15,17,22,29H,8,10,16,18-19H2,1-3H3,(H,31,37)/t22-,29+/m0/s1. The van der Waals surface area contributed by atoms with Gasteiger partial charge in [0.2, 0.25) is 11.8 Å². The molecule has 1 aliphatic heterocycles. The summed E-state index contributed by atoms with van der Waals surface area (Å²) >= 11 is 0. The van der Waals surface area contributed by atoms with Crippen LogP contribution in [-0.2, 0) is 20.9 Å². The number of hydrogen-bond donors (Lipinski definition) is 1. The van der Waals surface area contributed by atoms with E-state index in [2.05, 4.69) is 15.6 Å². The van der Waals surface area contributed by atoms with Crippen molar-refractivity contribution in [3.05, 3.63) is 77.9 Å². The van der Waals surface area contributed by atoms with Gasteiger partial charge >= 0.3 is 0 Å². The summed E-state index contributed by atoms with van der Waals surface area (Å²) in [4.78, 5) is 29.9. The largest absolute Gasteiger partial charge is 0.497 e. The molecule has 1 aliphatic rings. The Morgan fingerprint density at radius 1 is 1.10 bits per heavy atom. The van der Waals surface area contributed by atoms with Crippen LogP contribution < -0.4 is 19.7 Å². The zero-order valence-corrected chi connectivity index (χ0v) is 22.9. The molecule has 1 fully saturated rings. The number of amides is 2. The first-order valence-corrected chi connectivity index (χ1v) is 13.3. The molecule has 0 bridgehead atoms. The third kappa shape index (κ3) is 5.62.